The van der Waals surface area contributed by atoms with Crippen molar-refractivity contribution in [3.05, 3.63) is 35.7 Å². The van der Waals surface area contributed by atoms with Crippen LogP contribution in [0.1, 0.15) is 0 Å². The summed E-state index contributed by atoms with van der Waals surface area (Å²) in [5, 5.41) is 12.1. The highest BCUT2D eigenvalue weighted by molar-refractivity contribution is 8.14. The van der Waals surface area contributed by atoms with Gasteiger partial charge < -0.3 is 11.1 Å². The molecule has 5 nitrogen and oxygen atoms in total. The number of carbonyl (C=O) groups is 1. The second-order valence-electron chi connectivity index (χ2n) is 3.61. The molecule has 0 aliphatic heterocycles. The van der Waals surface area contributed by atoms with Crippen LogP contribution in [-0.2, 0) is 4.79 Å². The van der Waals surface area contributed by atoms with E-state index in [9.17, 15) is 4.79 Å². The van der Waals surface area contributed by atoms with Crippen molar-refractivity contribution in [1.29, 1.82) is 5.41 Å². The van der Waals surface area contributed by atoms with Crippen molar-refractivity contribution in [2.75, 3.05) is 11.1 Å². The summed E-state index contributed by atoms with van der Waals surface area (Å²) in [4.78, 5) is 15.9. The minimum atomic E-state index is -0.214. The Bertz CT molecular complexity index is 582. The summed E-state index contributed by atoms with van der Waals surface area (Å²) >= 11 is 2.36. The number of amides is 1. The van der Waals surface area contributed by atoms with Crippen LogP contribution >= 0.6 is 23.1 Å². The number of nitrogens with zero attached hydrogens (tertiary/aromatic N) is 1. The topological polar surface area (TPSA) is 91.9 Å². The maximum absolute atomic E-state index is 11.5. The minimum absolute atomic E-state index is 0.0701. The first-order valence-corrected chi connectivity index (χ1v) is 7.29. The lowest BCUT2D eigenvalue weighted by Gasteiger charge is -2.00. The SMILES string of the molecule is N=C(N)SCC(=O)Nc1nc(-c2ccccc2)cs1. The first-order valence-electron chi connectivity index (χ1n) is 5.43. The molecule has 2 rings (SSSR count). The van der Waals surface area contributed by atoms with Gasteiger partial charge in [0.1, 0.15) is 0 Å². The lowest BCUT2D eigenvalue weighted by Crippen LogP contribution is -2.17. The van der Waals surface area contributed by atoms with Crippen LogP contribution < -0.4 is 11.1 Å². The smallest absolute Gasteiger partial charge is 0.236 e. The molecule has 7 heteroatoms. The minimum Gasteiger partial charge on any atom is -0.379 e. The van der Waals surface area contributed by atoms with Gasteiger partial charge in [-0.1, -0.05) is 42.1 Å². The summed E-state index contributed by atoms with van der Waals surface area (Å²) in [5.41, 5.74) is 7.01. The van der Waals surface area contributed by atoms with Crippen molar-refractivity contribution in [2.45, 2.75) is 0 Å². The lowest BCUT2D eigenvalue weighted by atomic mass is 10.2. The summed E-state index contributed by atoms with van der Waals surface area (Å²) in [6, 6.07) is 9.75. The molecule has 1 amide bonds. The first-order chi connectivity index (χ1) is 9.15. The predicted molar refractivity (Wildman–Crippen MR) is 80.6 cm³/mol. The standard InChI is InChI=1S/C12H12N4OS2/c13-11(14)18-7-10(17)16-12-15-9(6-19-12)8-4-2-1-3-5-8/h1-6H,7H2,(H3,13,14)(H,15,16,17). The molecule has 2 aromatic rings. The van der Waals surface area contributed by atoms with Crippen molar-refractivity contribution in [3.63, 3.8) is 0 Å². The van der Waals surface area contributed by atoms with E-state index in [-0.39, 0.29) is 16.8 Å². The zero-order chi connectivity index (χ0) is 13.7. The molecule has 0 radical (unpaired) electrons. The van der Waals surface area contributed by atoms with Crippen LogP contribution in [0.15, 0.2) is 35.7 Å². The van der Waals surface area contributed by atoms with Crippen LogP contribution in [0.2, 0.25) is 0 Å². The first kappa shape index (κ1) is 13.6. The third-order valence-electron chi connectivity index (χ3n) is 2.18. The van der Waals surface area contributed by atoms with Crippen LogP contribution in [-0.4, -0.2) is 21.8 Å². The average molecular weight is 292 g/mol. The summed E-state index contributed by atoms with van der Waals surface area (Å²) in [6.45, 7) is 0. The molecule has 0 unspecified atom stereocenters. The summed E-state index contributed by atoms with van der Waals surface area (Å²) in [5.74, 6) is -0.0931. The molecule has 0 fully saturated rings. The van der Waals surface area contributed by atoms with Gasteiger partial charge in [-0.3, -0.25) is 10.2 Å². The Balaban J connectivity index is 1.98. The second kappa shape index (κ2) is 6.35. The quantitative estimate of drug-likeness (QED) is 0.596. The van der Waals surface area contributed by atoms with Gasteiger partial charge in [-0.05, 0) is 0 Å². The number of hydrogen-bond acceptors (Lipinski definition) is 5. The molecule has 0 atom stereocenters. The van der Waals surface area contributed by atoms with E-state index in [1.807, 2.05) is 35.7 Å². The number of benzene rings is 1. The number of nitrogens with one attached hydrogen (secondary N) is 2. The molecular weight excluding hydrogens is 280 g/mol. The number of thiazole rings is 1. The molecule has 0 spiro atoms. The van der Waals surface area contributed by atoms with E-state index in [0.717, 1.165) is 23.0 Å². The van der Waals surface area contributed by atoms with Crippen LogP contribution in [0, 0.1) is 5.41 Å². The highest BCUT2D eigenvalue weighted by atomic mass is 32.2. The molecule has 0 saturated heterocycles. The number of hydrogen-bond donors (Lipinski definition) is 3. The fourth-order valence-corrected chi connectivity index (χ4v) is 2.47. The van der Waals surface area contributed by atoms with Gasteiger partial charge in [0.2, 0.25) is 5.91 Å². The Labute approximate surface area is 118 Å². The van der Waals surface area contributed by atoms with Gasteiger partial charge in [0.25, 0.3) is 0 Å². The number of aromatic nitrogens is 1. The van der Waals surface area contributed by atoms with E-state index in [1.165, 1.54) is 11.3 Å². The molecule has 4 N–H and O–H groups in total. The molecule has 1 aromatic carbocycles. The summed E-state index contributed by atoms with van der Waals surface area (Å²) < 4.78 is 0. The maximum atomic E-state index is 11.5. The highest BCUT2D eigenvalue weighted by Gasteiger charge is 2.08. The third kappa shape index (κ3) is 4.08. The molecule has 1 heterocycles. The van der Waals surface area contributed by atoms with Gasteiger partial charge in [0, 0.05) is 10.9 Å². The predicted octanol–water partition coefficient (Wildman–Crippen LogP) is 2.38. The average Bonchev–Trinajstić information content (AvgIpc) is 2.86. The Morgan fingerprint density at radius 1 is 1.42 bits per heavy atom. The number of amidine groups is 1. The molecule has 0 bridgehead atoms. The second-order valence-corrected chi connectivity index (χ2v) is 5.48. The van der Waals surface area contributed by atoms with E-state index >= 15 is 0 Å². The van der Waals surface area contributed by atoms with Crippen molar-refractivity contribution >= 4 is 39.3 Å². The molecule has 0 aliphatic rings. The highest BCUT2D eigenvalue weighted by Crippen LogP contribution is 2.24. The molecule has 98 valence electrons. The van der Waals surface area contributed by atoms with E-state index in [2.05, 4.69) is 10.3 Å². The normalized spacial score (nSPS) is 10.1. The van der Waals surface area contributed by atoms with Gasteiger partial charge in [-0.15, -0.1) is 11.3 Å². The van der Waals surface area contributed by atoms with Crippen molar-refractivity contribution in [3.8, 4) is 11.3 Å². The van der Waals surface area contributed by atoms with Crippen LogP contribution in [0.25, 0.3) is 11.3 Å². The number of rotatable bonds is 4. The number of carbonyl (C=O) groups excluding carboxylic acids is 1. The Hall–Kier alpha value is -1.86. The van der Waals surface area contributed by atoms with Crippen LogP contribution in [0.3, 0.4) is 0 Å². The molecule has 0 aliphatic carbocycles. The third-order valence-corrected chi connectivity index (χ3v) is 3.65. The maximum Gasteiger partial charge on any atom is 0.236 e. The Kier molecular flexibility index (Phi) is 4.53. The van der Waals surface area contributed by atoms with E-state index in [4.69, 9.17) is 11.1 Å². The lowest BCUT2D eigenvalue weighted by molar-refractivity contribution is -0.113. The zero-order valence-electron chi connectivity index (χ0n) is 9.92. The Morgan fingerprint density at radius 2 is 2.16 bits per heavy atom. The number of anilines is 1. The Morgan fingerprint density at radius 3 is 2.84 bits per heavy atom. The van der Waals surface area contributed by atoms with Crippen molar-refractivity contribution < 1.29 is 4.79 Å². The number of thioether (sulfide) groups is 1. The largest absolute Gasteiger partial charge is 0.379 e. The van der Waals surface area contributed by atoms with E-state index in [1.54, 1.807) is 0 Å². The summed E-state index contributed by atoms with van der Waals surface area (Å²) in [6.07, 6.45) is 0. The van der Waals surface area contributed by atoms with Crippen molar-refractivity contribution in [1.82, 2.24) is 4.98 Å². The molecule has 1 aromatic heterocycles. The van der Waals surface area contributed by atoms with Gasteiger partial charge >= 0.3 is 0 Å². The van der Waals surface area contributed by atoms with Gasteiger partial charge in [0.05, 0.1) is 11.4 Å². The molecule has 0 saturated carbocycles. The van der Waals surface area contributed by atoms with Crippen LogP contribution in [0.4, 0.5) is 5.13 Å². The fourth-order valence-electron chi connectivity index (χ4n) is 1.37. The van der Waals surface area contributed by atoms with E-state index < -0.39 is 0 Å². The molecular formula is C12H12N4OS2. The van der Waals surface area contributed by atoms with Crippen LogP contribution in [0.5, 0.6) is 0 Å². The molecule has 19 heavy (non-hydrogen) atoms. The monoisotopic (exact) mass is 292 g/mol. The van der Waals surface area contributed by atoms with Crippen molar-refractivity contribution in [2.24, 2.45) is 5.73 Å². The summed E-state index contributed by atoms with van der Waals surface area (Å²) in [7, 11) is 0. The zero-order valence-corrected chi connectivity index (χ0v) is 11.6. The van der Waals surface area contributed by atoms with E-state index in [0.29, 0.717) is 5.13 Å². The fraction of sp³-hybridized carbons (Fsp3) is 0.0833. The number of nitrogens with two attached hydrogens (primary N) is 1. The van der Waals surface area contributed by atoms with Gasteiger partial charge in [-0.2, -0.15) is 0 Å². The van der Waals surface area contributed by atoms with Gasteiger partial charge in [-0.25, -0.2) is 4.98 Å². The van der Waals surface area contributed by atoms with Gasteiger partial charge in [0.15, 0.2) is 10.3 Å².